The molecule has 0 radical (unpaired) electrons. The number of hydrogen-bond acceptors (Lipinski definition) is 5. The zero-order valence-electron chi connectivity index (χ0n) is 23.9. The van der Waals surface area contributed by atoms with Gasteiger partial charge in [-0.15, -0.1) is 0 Å². The van der Waals surface area contributed by atoms with E-state index in [1.165, 1.54) is 11.3 Å². The number of amides is 2. The van der Waals surface area contributed by atoms with E-state index in [0.29, 0.717) is 29.7 Å². The van der Waals surface area contributed by atoms with Crippen molar-refractivity contribution in [1.82, 2.24) is 14.1 Å². The molecule has 5 rings (SSSR count). The van der Waals surface area contributed by atoms with Crippen molar-refractivity contribution in [2.45, 2.75) is 57.3 Å². The number of thiophene rings is 1. The van der Waals surface area contributed by atoms with Crippen LogP contribution in [-0.4, -0.2) is 41.6 Å². The van der Waals surface area contributed by atoms with Gasteiger partial charge in [-0.2, -0.15) is 20.7 Å². The van der Waals surface area contributed by atoms with Gasteiger partial charge in [0.2, 0.25) is 10.0 Å². The Morgan fingerprint density at radius 2 is 1.73 bits per heavy atom. The predicted molar refractivity (Wildman–Crippen MR) is 166 cm³/mol. The van der Waals surface area contributed by atoms with Crippen molar-refractivity contribution in [1.29, 1.82) is 0 Å². The van der Waals surface area contributed by atoms with Crippen LogP contribution in [0, 0.1) is 12.8 Å². The molecule has 2 N–H and O–H groups in total. The molecule has 216 valence electrons. The number of urea groups is 1. The van der Waals surface area contributed by atoms with Crippen LogP contribution in [0.2, 0.25) is 0 Å². The summed E-state index contributed by atoms with van der Waals surface area (Å²) >= 11 is 1.39. The van der Waals surface area contributed by atoms with Gasteiger partial charge in [-0.05, 0) is 67.3 Å². The zero-order chi connectivity index (χ0) is 29.2. The third-order valence-electron chi connectivity index (χ3n) is 7.48. The summed E-state index contributed by atoms with van der Waals surface area (Å²) in [5.41, 5.74) is 4.49. The van der Waals surface area contributed by atoms with E-state index in [1.54, 1.807) is 25.8 Å². The summed E-state index contributed by atoms with van der Waals surface area (Å²) in [4.78, 5) is 13.6. The Morgan fingerprint density at radius 1 is 1.02 bits per heavy atom. The van der Waals surface area contributed by atoms with E-state index in [9.17, 15) is 13.2 Å². The number of hydrogen-bond donors (Lipinski definition) is 2. The van der Waals surface area contributed by atoms with Crippen LogP contribution >= 0.6 is 11.3 Å². The number of para-hydroxylation sites is 1. The fourth-order valence-electron chi connectivity index (χ4n) is 5.02. The molecule has 2 aromatic heterocycles. The van der Waals surface area contributed by atoms with Crippen molar-refractivity contribution in [3.05, 3.63) is 88.2 Å². The topological polar surface area (TPSA) is 96.3 Å². The van der Waals surface area contributed by atoms with Gasteiger partial charge in [0.15, 0.2) is 0 Å². The zero-order valence-corrected chi connectivity index (χ0v) is 25.6. The highest BCUT2D eigenvalue weighted by molar-refractivity contribution is 7.89. The Balaban J connectivity index is 1.26. The molecule has 2 aromatic carbocycles. The number of nitrogens with zero attached hydrogens (tertiary/aromatic N) is 3. The molecule has 1 aliphatic rings. The van der Waals surface area contributed by atoms with Crippen LogP contribution in [0.1, 0.15) is 50.4 Å². The van der Waals surface area contributed by atoms with Crippen LogP contribution in [-0.2, 0) is 21.9 Å². The first-order valence-corrected chi connectivity index (χ1v) is 16.2. The molecule has 3 heterocycles. The first-order valence-electron chi connectivity index (χ1n) is 13.9. The van der Waals surface area contributed by atoms with Crippen molar-refractivity contribution < 1.29 is 13.2 Å². The molecule has 0 spiro atoms. The number of sulfonamides is 1. The van der Waals surface area contributed by atoms with Crippen molar-refractivity contribution >= 4 is 38.9 Å². The van der Waals surface area contributed by atoms with Crippen LogP contribution in [0.4, 0.5) is 16.3 Å². The number of nitrogens with one attached hydrogen (secondary N) is 2. The van der Waals surface area contributed by atoms with E-state index in [0.717, 1.165) is 47.5 Å². The molecule has 1 aliphatic heterocycles. The van der Waals surface area contributed by atoms with Crippen molar-refractivity contribution in [3.8, 4) is 5.69 Å². The molecule has 4 aromatic rings. The van der Waals surface area contributed by atoms with Gasteiger partial charge in [-0.1, -0.05) is 56.7 Å². The smallest absolute Gasteiger partial charge is 0.307 e. The third-order valence-corrected chi connectivity index (χ3v) is 10.2. The molecular weight excluding hydrogens is 555 g/mol. The highest BCUT2D eigenvalue weighted by Crippen LogP contribution is 2.30. The summed E-state index contributed by atoms with van der Waals surface area (Å²) in [5.74, 6) is 0.917. The largest absolute Gasteiger partial charge is 0.324 e. The quantitative estimate of drug-likeness (QED) is 0.246. The van der Waals surface area contributed by atoms with E-state index in [-0.39, 0.29) is 11.4 Å². The molecule has 0 atom stereocenters. The second-order valence-corrected chi connectivity index (χ2v) is 14.4. The lowest BCUT2D eigenvalue weighted by molar-refractivity contribution is 0.261. The molecule has 41 heavy (non-hydrogen) atoms. The summed E-state index contributed by atoms with van der Waals surface area (Å²) in [7, 11) is -3.43. The number of carbonyl (C=O) groups is 1. The van der Waals surface area contributed by atoms with E-state index in [1.807, 2.05) is 61.5 Å². The van der Waals surface area contributed by atoms with E-state index in [4.69, 9.17) is 5.10 Å². The number of carbonyl (C=O) groups excluding carboxylic acids is 1. The number of rotatable bonds is 7. The standard InChI is InChI=1S/C31H37N5O3S2/c1-22-9-11-25(12-10-22)36-29(20-28(34-36)31(2,3)4)33-30(37)32-27-8-6-5-7-24(27)19-23-13-16-35(17-14-23)41(38,39)26-15-18-40-21-26/h5-12,15,18,20-21,23H,13-14,16-17,19H2,1-4H3,(H2,32,33,37). The van der Waals surface area contributed by atoms with Gasteiger partial charge in [0.05, 0.1) is 16.3 Å². The molecule has 0 saturated carbocycles. The van der Waals surface area contributed by atoms with Gasteiger partial charge in [0.1, 0.15) is 5.82 Å². The fraction of sp³-hybridized carbons (Fsp3) is 0.355. The first-order chi connectivity index (χ1) is 19.5. The Kier molecular flexibility index (Phi) is 8.35. The minimum absolute atomic E-state index is 0.186. The number of benzene rings is 2. The summed E-state index contributed by atoms with van der Waals surface area (Å²) < 4.78 is 29.1. The molecule has 8 nitrogen and oxygen atoms in total. The Bertz CT molecular complexity index is 1600. The third kappa shape index (κ3) is 6.72. The normalized spacial score (nSPS) is 15.1. The van der Waals surface area contributed by atoms with Crippen LogP contribution in [0.15, 0.2) is 76.3 Å². The SMILES string of the molecule is Cc1ccc(-n2nc(C(C)(C)C)cc2NC(=O)Nc2ccccc2CC2CCN(S(=O)(=O)c3ccsc3)CC2)cc1. The number of anilines is 2. The van der Waals surface area contributed by atoms with Crippen molar-refractivity contribution in [2.24, 2.45) is 5.92 Å². The number of aryl methyl sites for hydroxylation is 1. The molecule has 0 aliphatic carbocycles. The van der Waals surface area contributed by atoms with Crippen molar-refractivity contribution in [3.63, 3.8) is 0 Å². The average Bonchev–Trinajstić information content (AvgIpc) is 3.62. The molecule has 2 amide bonds. The Labute approximate surface area is 246 Å². The lowest BCUT2D eigenvalue weighted by Gasteiger charge is -2.31. The molecule has 1 saturated heterocycles. The lowest BCUT2D eigenvalue weighted by atomic mass is 9.90. The summed E-state index contributed by atoms with van der Waals surface area (Å²) in [6, 6.07) is 19.1. The van der Waals surface area contributed by atoms with Gasteiger partial charge >= 0.3 is 6.03 Å². The van der Waals surface area contributed by atoms with Crippen LogP contribution in [0.25, 0.3) is 5.69 Å². The predicted octanol–water partition coefficient (Wildman–Crippen LogP) is 6.83. The maximum atomic E-state index is 13.3. The Morgan fingerprint density at radius 3 is 2.39 bits per heavy atom. The minimum atomic E-state index is -3.43. The minimum Gasteiger partial charge on any atom is -0.307 e. The fourth-order valence-corrected chi connectivity index (χ4v) is 7.51. The van der Waals surface area contributed by atoms with Crippen LogP contribution < -0.4 is 10.6 Å². The van der Waals surface area contributed by atoms with Gasteiger partial charge in [-0.3, -0.25) is 5.32 Å². The van der Waals surface area contributed by atoms with Gasteiger partial charge in [-0.25, -0.2) is 17.9 Å². The van der Waals surface area contributed by atoms with Gasteiger partial charge < -0.3 is 5.32 Å². The second-order valence-electron chi connectivity index (χ2n) is 11.7. The van der Waals surface area contributed by atoms with Gasteiger partial charge in [0.25, 0.3) is 0 Å². The first kappa shape index (κ1) is 29.0. The average molecular weight is 592 g/mol. The van der Waals surface area contributed by atoms with Gasteiger partial charge in [0, 0.05) is 35.6 Å². The lowest BCUT2D eigenvalue weighted by Crippen LogP contribution is -2.38. The van der Waals surface area contributed by atoms with Crippen LogP contribution in [0.3, 0.4) is 0 Å². The summed E-state index contributed by atoms with van der Waals surface area (Å²) in [6.07, 6.45) is 2.31. The number of piperidine rings is 1. The van der Waals surface area contributed by atoms with Crippen molar-refractivity contribution in [2.75, 3.05) is 23.7 Å². The van der Waals surface area contributed by atoms with Crippen LogP contribution in [0.5, 0.6) is 0 Å². The highest BCUT2D eigenvalue weighted by Gasteiger charge is 2.30. The highest BCUT2D eigenvalue weighted by atomic mass is 32.2. The maximum absolute atomic E-state index is 13.3. The molecule has 0 bridgehead atoms. The number of aromatic nitrogens is 2. The monoisotopic (exact) mass is 591 g/mol. The van der Waals surface area contributed by atoms with E-state index in [2.05, 4.69) is 31.4 Å². The second kappa shape index (κ2) is 11.8. The summed E-state index contributed by atoms with van der Waals surface area (Å²) in [5, 5.41) is 14.3. The molecular formula is C31H37N5O3S2. The summed E-state index contributed by atoms with van der Waals surface area (Å²) in [6.45, 7) is 9.31. The van der Waals surface area contributed by atoms with E-state index >= 15 is 0 Å². The molecule has 1 fully saturated rings. The molecule has 0 unspecified atom stereocenters. The van der Waals surface area contributed by atoms with E-state index < -0.39 is 10.0 Å². The molecule has 10 heteroatoms. The maximum Gasteiger partial charge on any atom is 0.324 e. The Hall–Kier alpha value is -3.47.